The number of ether oxygens (including phenoxy) is 1. The fourth-order valence-corrected chi connectivity index (χ4v) is 5.45. The Morgan fingerprint density at radius 1 is 1.12 bits per heavy atom. The lowest BCUT2D eigenvalue weighted by Crippen LogP contribution is -2.12. The molecule has 32 heavy (non-hydrogen) atoms. The molecule has 1 unspecified atom stereocenters. The fraction of sp³-hybridized carbons (Fsp3) is 0.261. The predicted octanol–water partition coefficient (Wildman–Crippen LogP) is 7.47. The molecule has 0 aliphatic heterocycles. The first-order valence-electron chi connectivity index (χ1n) is 10.1. The van der Waals surface area contributed by atoms with Crippen molar-refractivity contribution in [3.63, 3.8) is 0 Å². The quantitative estimate of drug-likeness (QED) is 0.233. The Morgan fingerprint density at radius 3 is 2.62 bits per heavy atom. The molecule has 0 N–H and O–H groups in total. The number of rotatable bonds is 8. The van der Waals surface area contributed by atoms with Gasteiger partial charge in [0.15, 0.2) is 17.1 Å². The smallest absolute Gasteiger partial charge is 0.191 e. The zero-order valence-corrected chi connectivity index (χ0v) is 21.0. The number of hydrogen-bond donors (Lipinski definition) is 0. The molecule has 4 rings (SSSR count). The van der Waals surface area contributed by atoms with Crippen LogP contribution in [0.3, 0.4) is 0 Å². The van der Waals surface area contributed by atoms with E-state index >= 15 is 0 Å². The summed E-state index contributed by atoms with van der Waals surface area (Å²) in [6.45, 7) is 6.82. The molecule has 0 bridgehead atoms. The van der Waals surface area contributed by atoms with Crippen molar-refractivity contribution in [3.05, 3.63) is 75.0 Å². The highest BCUT2D eigenvalue weighted by Crippen LogP contribution is 2.32. The zero-order valence-electron chi connectivity index (χ0n) is 17.9. The number of hydrogen-bond acceptors (Lipinski definition) is 6. The third kappa shape index (κ3) is 5.29. The number of benzene rings is 2. The lowest BCUT2D eigenvalue weighted by molar-refractivity contribution is 0.210. The maximum absolute atomic E-state index is 6.25. The SMILES string of the molecule is CCn1c(SCc2csc(-c3ccc(C)cc3)n2)nnc1C(C)Oc1ccc(Cl)cc1Cl. The summed E-state index contributed by atoms with van der Waals surface area (Å²) in [5, 5.41) is 13.8. The summed E-state index contributed by atoms with van der Waals surface area (Å²) in [5.74, 6) is 2.04. The molecule has 166 valence electrons. The number of halogens is 2. The number of aromatic nitrogens is 4. The number of thioether (sulfide) groups is 1. The monoisotopic (exact) mass is 504 g/mol. The second-order valence-electron chi connectivity index (χ2n) is 7.22. The van der Waals surface area contributed by atoms with Gasteiger partial charge in [-0.1, -0.05) is 64.8 Å². The number of aryl methyl sites for hydroxylation is 1. The van der Waals surface area contributed by atoms with Crippen LogP contribution in [0.1, 0.15) is 37.0 Å². The number of nitrogens with zero attached hydrogens (tertiary/aromatic N) is 4. The first-order valence-corrected chi connectivity index (χ1v) is 12.8. The molecule has 1 atom stereocenters. The minimum absolute atomic E-state index is 0.317. The van der Waals surface area contributed by atoms with E-state index in [4.69, 9.17) is 32.9 Å². The molecule has 5 nitrogen and oxygen atoms in total. The largest absolute Gasteiger partial charge is 0.481 e. The summed E-state index contributed by atoms with van der Waals surface area (Å²) >= 11 is 15.5. The van der Waals surface area contributed by atoms with E-state index in [0.29, 0.717) is 15.8 Å². The Hall–Kier alpha value is -2.06. The molecule has 9 heteroatoms. The van der Waals surface area contributed by atoms with Crippen LogP contribution in [-0.4, -0.2) is 19.7 Å². The number of thiazole rings is 1. The van der Waals surface area contributed by atoms with Gasteiger partial charge in [0, 0.05) is 28.3 Å². The van der Waals surface area contributed by atoms with Crippen molar-refractivity contribution < 1.29 is 4.74 Å². The van der Waals surface area contributed by atoms with E-state index in [2.05, 4.69) is 58.3 Å². The molecule has 0 amide bonds. The van der Waals surface area contributed by atoms with Crippen molar-refractivity contribution in [3.8, 4) is 16.3 Å². The third-order valence-electron chi connectivity index (χ3n) is 4.82. The Kier molecular flexibility index (Phi) is 7.40. The van der Waals surface area contributed by atoms with E-state index in [0.717, 1.165) is 39.5 Å². The Labute approximate surface area is 205 Å². The summed E-state index contributed by atoms with van der Waals surface area (Å²) in [6, 6.07) is 13.6. The second kappa shape index (κ2) is 10.3. The average Bonchev–Trinajstić information content (AvgIpc) is 3.41. The van der Waals surface area contributed by atoms with Gasteiger partial charge in [-0.2, -0.15) is 0 Å². The highest BCUT2D eigenvalue weighted by atomic mass is 35.5. The molecule has 2 aromatic heterocycles. The van der Waals surface area contributed by atoms with Crippen LogP contribution >= 0.6 is 46.3 Å². The highest BCUT2D eigenvalue weighted by Gasteiger charge is 2.20. The molecule has 0 fully saturated rings. The Morgan fingerprint density at radius 2 is 1.91 bits per heavy atom. The summed E-state index contributed by atoms with van der Waals surface area (Å²) in [4.78, 5) is 4.79. The van der Waals surface area contributed by atoms with Gasteiger partial charge >= 0.3 is 0 Å². The first kappa shape index (κ1) is 23.1. The van der Waals surface area contributed by atoms with Gasteiger partial charge < -0.3 is 9.30 Å². The summed E-state index contributed by atoms with van der Waals surface area (Å²) in [7, 11) is 0. The van der Waals surface area contributed by atoms with Crippen LogP contribution in [0.15, 0.2) is 53.0 Å². The van der Waals surface area contributed by atoms with Crippen LogP contribution in [0.25, 0.3) is 10.6 Å². The van der Waals surface area contributed by atoms with Crippen LogP contribution in [0.4, 0.5) is 0 Å². The zero-order chi connectivity index (χ0) is 22.7. The molecule has 2 heterocycles. The van der Waals surface area contributed by atoms with Crippen molar-refractivity contribution in [2.45, 2.75) is 44.3 Å². The lowest BCUT2D eigenvalue weighted by atomic mass is 10.2. The van der Waals surface area contributed by atoms with Crippen LogP contribution in [0.2, 0.25) is 10.0 Å². The standard InChI is InChI=1S/C23H22Cl2N4OS2/c1-4-29-21(15(3)30-20-10-9-17(24)11-19(20)25)27-28-23(29)32-13-18-12-31-22(26-18)16-7-5-14(2)6-8-16/h5-12,15H,4,13H2,1-3H3. The van der Waals surface area contributed by atoms with Crippen LogP contribution in [-0.2, 0) is 12.3 Å². The average molecular weight is 505 g/mol. The first-order chi connectivity index (χ1) is 15.4. The van der Waals surface area contributed by atoms with Gasteiger partial charge in [-0.05, 0) is 39.0 Å². The van der Waals surface area contributed by atoms with Crippen molar-refractivity contribution >= 4 is 46.3 Å². The molecule has 0 saturated carbocycles. The predicted molar refractivity (Wildman–Crippen MR) is 133 cm³/mol. The van der Waals surface area contributed by atoms with E-state index in [1.54, 1.807) is 41.3 Å². The Bertz CT molecular complexity index is 1210. The van der Waals surface area contributed by atoms with E-state index in [1.165, 1.54) is 5.56 Å². The fourth-order valence-electron chi connectivity index (χ4n) is 3.16. The van der Waals surface area contributed by atoms with Gasteiger partial charge in [-0.15, -0.1) is 21.5 Å². The minimum Gasteiger partial charge on any atom is -0.481 e. The minimum atomic E-state index is -0.317. The van der Waals surface area contributed by atoms with Crippen LogP contribution in [0, 0.1) is 6.92 Å². The molecule has 0 radical (unpaired) electrons. The van der Waals surface area contributed by atoms with Crippen LogP contribution < -0.4 is 4.74 Å². The maximum atomic E-state index is 6.25. The molecule has 2 aromatic carbocycles. The lowest BCUT2D eigenvalue weighted by Gasteiger charge is -2.16. The van der Waals surface area contributed by atoms with Crippen molar-refractivity contribution in [2.24, 2.45) is 0 Å². The van der Waals surface area contributed by atoms with Gasteiger partial charge in [0.25, 0.3) is 0 Å². The van der Waals surface area contributed by atoms with Crippen molar-refractivity contribution in [2.75, 3.05) is 0 Å². The van der Waals surface area contributed by atoms with E-state index in [9.17, 15) is 0 Å². The molecule has 0 aliphatic carbocycles. The molecular weight excluding hydrogens is 483 g/mol. The van der Waals surface area contributed by atoms with Crippen molar-refractivity contribution in [1.82, 2.24) is 19.7 Å². The van der Waals surface area contributed by atoms with E-state index < -0.39 is 0 Å². The summed E-state index contributed by atoms with van der Waals surface area (Å²) in [5.41, 5.74) is 3.41. The van der Waals surface area contributed by atoms with Crippen molar-refractivity contribution in [1.29, 1.82) is 0 Å². The maximum Gasteiger partial charge on any atom is 0.191 e. The van der Waals surface area contributed by atoms with Gasteiger partial charge in [0.2, 0.25) is 0 Å². The molecule has 0 saturated heterocycles. The van der Waals surface area contributed by atoms with E-state index in [-0.39, 0.29) is 6.10 Å². The highest BCUT2D eigenvalue weighted by molar-refractivity contribution is 7.98. The van der Waals surface area contributed by atoms with Gasteiger partial charge in [-0.25, -0.2) is 4.98 Å². The van der Waals surface area contributed by atoms with E-state index in [1.807, 2.05) is 6.92 Å². The molecule has 4 aromatic rings. The summed E-state index contributed by atoms with van der Waals surface area (Å²) in [6.07, 6.45) is -0.317. The topological polar surface area (TPSA) is 52.8 Å². The third-order valence-corrected chi connectivity index (χ3v) is 7.29. The van der Waals surface area contributed by atoms with Gasteiger partial charge in [0.1, 0.15) is 10.8 Å². The van der Waals surface area contributed by atoms with Gasteiger partial charge in [-0.3, -0.25) is 0 Å². The Balaban J connectivity index is 1.44. The van der Waals surface area contributed by atoms with Gasteiger partial charge in [0.05, 0.1) is 10.7 Å². The second-order valence-corrected chi connectivity index (χ2v) is 9.86. The normalized spacial score (nSPS) is 12.2. The van der Waals surface area contributed by atoms with Crippen LogP contribution in [0.5, 0.6) is 5.75 Å². The molecular formula is C23H22Cl2N4OS2. The summed E-state index contributed by atoms with van der Waals surface area (Å²) < 4.78 is 8.09. The molecule has 0 spiro atoms. The molecule has 0 aliphatic rings.